The largest absolute Gasteiger partial charge is 0.342 e. The molecule has 0 radical (unpaired) electrons. The molecule has 1 aromatic rings. The lowest BCUT2D eigenvalue weighted by Gasteiger charge is -2.31. The summed E-state index contributed by atoms with van der Waals surface area (Å²) in [5, 5.41) is 0. The number of nitrogens with one attached hydrogen (secondary N) is 1. The lowest BCUT2D eigenvalue weighted by molar-refractivity contribution is 0.433. The van der Waals surface area contributed by atoms with Crippen molar-refractivity contribution in [3.8, 4) is 0 Å². The van der Waals surface area contributed by atoms with Crippen LogP contribution in [0.5, 0.6) is 0 Å². The van der Waals surface area contributed by atoms with Crippen LogP contribution in [0.4, 0.5) is 5.95 Å². The van der Waals surface area contributed by atoms with E-state index in [1.165, 1.54) is 12.8 Å². The molecule has 1 aliphatic heterocycles. The smallest absolute Gasteiger partial charge is 0.252 e. The Balaban J connectivity index is 2.28. The van der Waals surface area contributed by atoms with Gasteiger partial charge in [0.25, 0.3) is 5.56 Å². The molecule has 1 saturated heterocycles. The highest BCUT2D eigenvalue weighted by Crippen LogP contribution is 2.23. The quantitative estimate of drug-likeness (QED) is 0.831. The number of anilines is 1. The minimum Gasteiger partial charge on any atom is -0.342 e. The highest BCUT2D eigenvalue weighted by atomic mass is 16.1. The first-order valence-electron chi connectivity index (χ1n) is 6.73. The van der Waals surface area contributed by atoms with E-state index in [0.29, 0.717) is 0 Å². The molecule has 0 bridgehead atoms. The topological polar surface area (TPSA) is 49.0 Å². The van der Waals surface area contributed by atoms with Crippen molar-refractivity contribution in [2.24, 2.45) is 5.92 Å². The van der Waals surface area contributed by atoms with E-state index in [-0.39, 0.29) is 11.0 Å². The van der Waals surface area contributed by atoms with Crippen LogP contribution in [0.15, 0.2) is 10.9 Å². The molecule has 1 aromatic heterocycles. The van der Waals surface area contributed by atoms with Crippen LogP contribution in [0.2, 0.25) is 0 Å². The molecule has 0 amide bonds. The lowest BCUT2D eigenvalue weighted by atomic mass is 9.92. The Morgan fingerprint density at radius 2 is 1.94 bits per heavy atom. The van der Waals surface area contributed by atoms with Crippen LogP contribution in [0.25, 0.3) is 0 Å². The van der Waals surface area contributed by atoms with E-state index in [1.807, 2.05) is 0 Å². The van der Waals surface area contributed by atoms with Gasteiger partial charge in [-0.25, -0.2) is 4.98 Å². The lowest BCUT2D eigenvalue weighted by Crippen LogP contribution is -2.36. The van der Waals surface area contributed by atoms with Crippen molar-refractivity contribution in [3.63, 3.8) is 0 Å². The van der Waals surface area contributed by atoms with Gasteiger partial charge in [-0.3, -0.25) is 9.78 Å². The van der Waals surface area contributed by atoms with Gasteiger partial charge in [0.15, 0.2) is 0 Å². The summed E-state index contributed by atoms with van der Waals surface area (Å²) in [7, 11) is 0. The highest BCUT2D eigenvalue weighted by molar-refractivity contribution is 5.32. The summed E-state index contributed by atoms with van der Waals surface area (Å²) in [5.74, 6) is 1.51. The van der Waals surface area contributed by atoms with Crippen LogP contribution in [0.1, 0.15) is 46.2 Å². The van der Waals surface area contributed by atoms with Gasteiger partial charge in [0.1, 0.15) is 0 Å². The van der Waals surface area contributed by atoms with Crippen molar-refractivity contribution in [2.45, 2.75) is 46.0 Å². The fourth-order valence-electron chi connectivity index (χ4n) is 2.20. The van der Waals surface area contributed by atoms with E-state index < -0.39 is 0 Å². The Morgan fingerprint density at radius 3 is 2.50 bits per heavy atom. The van der Waals surface area contributed by atoms with Crippen LogP contribution in [0.3, 0.4) is 0 Å². The minimum absolute atomic E-state index is 0.0523. The zero-order valence-electron chi connectivity index (χ0n) is 11.8. The van der Waals surface area contributed by atoms with Gasteiger partial charge >= 0.3 is 0 Å². The highest BCUT2D eigenvalue weighted by Gasteiger charge is 2.21. The molecule has 0 spiro atoms. The molecular weight excluding hydrogens is 226 g/mol. The molecule has 1 fully saturated rings. The summed E-state index contributed by atoms with van der Waals surface area (Å²) in [4.78, 5) is 21.4. The van der Waals surface area contributed by atoms with Gasteiger partial charge in [0, 0.05) is 24.6 Å². The second-order valence-electron chi connectivity index (χ2n) is 6.37. The molecule has 0 aliphatic carbocycles. The van der Waals surface area contributed by atoms with Crippen LogP contribution in [-0.4, -0.2) is 23.1 Å². The van der Waals surface area contributed by atoms with Gasteiger partial charge in [-0.2, -0.15) is 0 Å². The van der Waals surface area contributed by atoms with Crippen molar-refractivity contribution in [3.05, 3.63) is 22.1 Å². The molecule has 2 heterocycles. The average molecular weight is 249 g/mol. The normalized spacial score (nSPS) is 18.1. The minimum atomic E-state index is -0.0912. The molecular formula is C14H23N3O. The van der Waals surface area contributed by atoms with Gasteiger partial charge in [-0.05, 0) is 18.8 Å². The second-order valence-corrected chi connectivity index (χ2v) is 6.37. The van der Waals surface area contributed by atoms with Crippen molar-refractivity contribution in [2.75, 3.05) is 18.0 Å². The average Bonchev–Trinajstić information content (AvgIpc) is 2.28. The summed E-state index contributed by atoms with van der Waals surface area (Å²) in [5.41, 5.74) is 0.718. The summed E-state index contributed by atoms with van der Waals surface area (Å²) >= 11 is 0. The molecule has 100 valence electrons. The molecule has 18 heavy (non-hydrogen) atoms. The molecule has 0 saturated carbocycles. The maximum atomic E-state index is 11.7. The Morgan fingerprint density at radius 1 is 1.33 bits per heavy atom. The van der Waals surface area contributed by atoms with Crippen molar-refractivity contribution >= 4 is 5.95 Å². The Kier molecular flexibility index (Phi) is 3.46. The maximum absolute atomic E-state index is 11.7. The number of rotatable bonds is 1. The SMILES string of the molecule is CC1CCN(c2nc(C(C)(C)C)cc(=O)[nH]2)CC1. The zero-order chi connectivity index (χ0) is 13.3. The van der Waals surface area contributed by atoms with Gasteiger partial charge < -0.3 is 4.90 Å². The summed E-state index contributed by atoms with van der Waals surface area (Å²) in [6.45, 7) is 10.5. The molecule has 0 unspecified atom stereocenters. The van der Waals surface area contributed by atoms with E-state index in [0.717, 1.165) is 30.6 Å². The van der Waals surface area contributed by atoms with Crippen LogP contribution in [-0.2, 0) is 5.41 Å². The molecule has 4 nitrogen and oxygen atoms in total. The molecule has 0 atom stereocenters. The Labute approximate surface area is 108 Å². The standard InChI is InChI=1S/C14H23N3O/c1-10-5-7-17(8-6-10)13-15-11(14(2,3)4)9-12(18)16-13/h9-10H,5-8H2,1-4H3,(H,15,16,18). The van der Waals surface area contributed by atoms with E-state index in [9.17, 15) is 4.79 Å². The first-order valence-corrected chi connectivity index (χ1v) is 6.73. The molecule has 1 N–H and O–H groups in total. The fourth-order valence-corrected chi connectivity index (χ4v) is 2.20. The Hall–Kier alpha value is -1.32. The number of hydrogen-bond acceptors (Lipinski definition) is 3. The maximum Gasteiger partial charge on any atom is 0.252 e. The number of aromatic nitrogens is 2. The number of aromatic amines is 1. The summed E-state index contributed by atoms with van der Waals surface area (Å²) in [6, 6.07) is 1.61. The van der Waals surface area contributed by atoms with Crippen LogP contribution in [0, 0.1) is 5.92 Å². The monoisotopic (exact) mass is 249 g/mol. The summed E-state index contributed by atoms with van der Waals surface area (Å²) < 4.78 is 0. The number of H-pyrrole nitrogens is 1. The molecule has 4 heteroatoms. The van der Waals surface area contributed by atoms with Crippen molar-refractivity contribution in [1.82, 2.24) is 9.97 Å². The van der Waals surface area contributed by atoms with E-state index in [4.69, 9.17) is 0 Å². The van der Waals surface area contributed by atoms with Crippen molar-refractivity contribution in [1.29, 1.82) is 0 Å². The zero-order valence-corrected chi connectivity index (χ0v) is 11.8. The first kappa shape index (κ1) is 13.1. The van der Waals surface area contributed by atoms with Crippen molar-refractivity contribution < 1.29 is 0 Å². The van der Waals surface area contributed by atoms with Crippen LogP contribution < -0.4 is 10.5 Å². The van der Waals surface area contributed by atoms with Gasteiger partial charge in [0.05, 0.1) is 5.69 Å². The van der Waals surface area contributed by atoms with Gasteiger partial charge in [0.2, 0.25) is 5.95 Å². The molecule has 0 aromatic carbocycles. The third kappa shape index (κ3) is 2.92. The molecule has 1 aliphatic rings. The second kappa shape index (κ2) is 4.75. The van der Waals surface area contributed by atoms with E-state index in [2.05, 4.69) is 42.6 Å². The summed E-state index contributed by atoms with van der Waals surface area (Å²) in [6.07, 6.45) is 2.34. The van der Waals surface area contributed by atoms with Crippen LogP contribution >= 0.6 is 0 Å². The van der Waals surface area contributed by atoms with E-state index >= 15 is 0 Å². The number of piperidine rings is 1. The van der Waals surface area contributed by atoms with Gasteiger partial charge in [-0.15, -0.1) is 0 Å². The third-order valence-electron chi connectivity index (χ3n) is 3.58. The van der Waals surface area contributed by atoms with E-state index in [1.54, 1.807) is 6.07 Å². The Bertz CT molecular complexity index is 465. The third-order valence-corrected chi connectivity index (χ3v) is 3.58. The predicted molar refractivity (Wildman–Crippen MR) is 74.2 cm³/mol. The predicted octanol–water partition coefficient (Wildman–Crippen LogP) is 2.30. The van der Waals surface area contributed by atoms with Gasteiger partial charge in [-0.1, -0.05) is 27.7 Å². The molecule has 2 rings (SSSR count). The first-order chi connectivity index (χ1) is 8.36. The fraction of sp³-hybridized carbons (Fsp3) is 0.714. The number of nitrogens with zero attached hydrogens (tertiary/aromatic N) is 2. The number of hydrogen-bond donors (Lipinski definition) is 1.